The maximum atomic E-state index is 12.4. The van der Waals surface area contributed by atoms with Crippen LogP contribution in [-0.2, 0) is 9.84 Å². The summed E-state index contributed by atoms with van der Waals surface area (Å²) in [4.78, 5) is 13.0. The van der Waals surface area contributed by atoms with Crippen molar-refractivity contribution in [2.75, 3.05) is 23.7 Å². The van der Waals surface area contributed by atoms with Gasteiger partial charge in [0.1, 0.15) is 16.5 Å². The Morgan fingerprint density at radius 3 is 2.61 bits per heavy atom. The average Bonchev–Trinajstić information content (AvgIpc) is 3.48. The van der Waals surface area contributed by atoms with Crippen LogP contribution in [0.4, 0.5) is 5.82 Å². The number of hydrogen-bond acceptors (Lipinski definition) is 6. The molecule has 0 bridgehead atoms. The molecule has 2 fully saturated rings. The van der Waals surface area contributed by atoms with Crippen molar-refractivity contribution in [2.45, 2.75) is 37.4 Å². The molecule has 0 unspecified atom stereocenters. The Morgan fingerprint density at radius 1 is 1.07 bits per heavy atom. The van der Waals surface area contributed by atoms with E-state index in [1.54, 1.807) is 11.3 Å². The fraction of sp³-hybridized carbons (Fsp3) is 0.429. The number of aromatic nitrogens is 2. The van der Waals surface area contributed by atoms with Gasteiger partial charge in [-0.3, -0.25) is 0 Å². The van der Waals surface area contributed by atoms with Crippen LogP contribution in [0.15, 0.2) is 35.7 Å². The molecule has 0 spiro atoms. The minimum absolute atomic E-state index is 0.184. The number of anilines is 1. The van der Waals surface area contributed by atoms with Gasteiger partial charge < -0.3 is 4.90 Å². The summed E-state index contributed by atoms with van der Waals surface area (Å²) in [5.74, 6) is 2.48. The molecular weight excluding hydrogens is 390 g/mol. The molecule has 0 amide bonds. The van der Waals surface area contributed by atoms with E-state index in [0.717, 1.165) is 45.8 Å². The van der Waals surface area contributed by atoms with E-state index in [1.165, 1.54) is 0 Å². The Morgan fingerprint density at radius 2 is 1.86 bits per heavy atom. The van der Waals surface area contributed by atoms with Crippen LogP contribution in [0.25, 0.3) is 21.3 Å². The van der Waals surface area contributed by atoms with Gasteiger partial charge in [-0.25, -0.2) is 18.4 Å². The molecule has 3 heterocycles. The van der Waals surface area contributed by atoms with Gasteiger partial charge in [0.05, 0.1) is 16.4 Å². The molecular formula is C21H23N3O2S2. The molecule has 2 aliphatic rings. The molecule has 7 heteroatoms. The number of hydrogen-bond donors (Lipinski definition) is 0. The summed E-state index contributed by atoms with van der Waals surface area (Å²) in [7, 11) is -3.04. The number of sulfone groups is 1. The number of rotatable bonds is 3. The summed E-state index contributed by atoms with van der Waals surface area (Å²) in [5, 5.41) is 2.92. The zero-order valence-corrected chi connectivity index (χ0v) is 17.5. The summed E-state index contributed by atoms with van der Waals surface area (Å²) in [6, 6.07) is 10.3. The first kappa shape index (κ1) is 18.1. The Hall–Kier alpha value is -1.99. The third-order valence-corrected chi connectivity index (χ3v) is 8.91. The highest BCUT2D eigenvalue weighted by Crippen LogP contribution is 2.43. The lowest BCUT2D eigenvalue weighted by Gasteiger charge is -2.23. The van der Waals surface area contributed by atoms with Crippen molar-refractivity contribution in [1.82, 2.24) is 9.97 Å². The molecule has 1 aromatic carbocycles. The molecule has 28 heavy (non-hydrogen) atoms. The molecule has 5 rings (SSSR count). The molecule has 1 saturated carbocycles. The van der Waals surface area contributed by atoms with Crippen LogP contribution >= 0.6 is 11.3 Å². The van der Waals surface area contributed by atoms with Gasteiger partial charge >= 0.3 is 0 Å². The highest BCUT2D eigenvalue weighted by atomic mass is 32.2. The van der Waals surface area contributed by atoms with Gasteiger partial charge in [-0.2, -0.15) is 0 Å². The van der Waals surface area contributed by atoms with Crippen LogP contribution in [0.3, 0.4) is 0 Å². The van der Waals surface area contributed by atoms with Crippen LogP contribution in [0.1, 0.15) is 37.9 Å². The predicted octanol–water partition coefficient (Wildman–Crippen LogP) is 4.25. The molecule has 0 radical (unpaired) electrons. The van der Waals surface area contributed by atoms with Gasteiger partial charge in [0.2, 0.25) is 0 Å². The Balaban J connectivity index is 1.66. The molecule has 3 aromatic rings. The molecule has 0 N–H and O–H groups in total. The molecule has 146 valence electrons. The van der Waals surface area contributed by atoms with Crippen molar-refractivity contribution in [3.8, 4) is 11.1 Å². The summed E-state index contributed by atoms with van der Waals surface area (Å²) in [6.45, 7) is 3.03. The maximum Gasteiger partial charge on any atom is 0.154 e. The van der Waals surface area contributed by atoms with Gasteiger partial charge in [0.25, 0.3) is 0 Å². The van der Waals surface area contributed by atoms with Gasteiger partial charge in [0, 0.05) is 30.0 Å². The van der Waals surface area contributed by atoms with E-state index in [4.69, 9.17) is 9.97 Å². The highest BCUT2D eigenvalue weighted by Gasteiger charge is 2.32. The van der Waals surface area contributed by atoms with Gasteiger partial charge in [-0.05, 0) is 31.7 Å². The first-order valence-corrected chi connectivity index (χ1v) is 12.4. The van der Waals surface area contributed by atoms with Crippen molar-refractivity contribution in [2.24, 2.45) is 0 Å². The molecule has 2 aromatic heterocycles. The molecule has 1 aliphatic carbocycles. The van der Waals surface area contributed by atoms with Crippen LogP contribution in [-0.4, -0.2) is 42.5 Å². The predicted molar refractivity (Wildman–Crippen MR) is 115 cm³/mol. The molecule has 1 saturated heterocycles. The zero-order chi connectivity index (χ0) is 19.3. The third kappa shape index (κ3) is 3.20. The van der Waals surface area contributed by atoms with Crippen molar-refractivity contribution in [3.63, 3.8) is 0 Å². The number of fused-ring (bicyclic) bond motifs is 1. The minimum Gasteiger partial charge on any atom is -0.355 e. The van der Waals surface area contributed by atoms with E-state index in [-0.39, 0.29) is 11.0 Å². The Labute approximate surface area is 169 Å². The second kappa shape index (κ2) is 6.81. The van der Waals surface area contributed by atoms with Crippen LogP contribution in [0.2, 0.25) is 0 Å². The Kier molecular flexibility index (Phi) is 4.39. The van der Waals surface area contributed by atoms with Gasteiger partial charge in [0.15, 0.2) is 9.84 Å². The summed E-state index contributed by atoms with van der Waals surface area (Å²) >= 11 is 1.66. The largest absolute Gasteiger partial charge is 0.355 e. The van der Waals surface area contributed by atoms with E-state index in [0.29, 0.717) is 25.4 Å². The first-order valence-electron chi connectivity index (χ1n) is 9.84. The lowest BCUT2D eigenvalue weighted by atomic mass is 10.1. The second-order valence-corrected chi connectivity index (χ2v) is 11.2. The number of nitrogens with zero attached hydrogens (tertiary/aromatic N) is 3. The van der Waals surface area contributed by atoms with Crippen LogP contribution in [0, 0.1) is 0 Å². The topological polar surface area (TPSA) is 63.2 Å². The SMILES string of the molecule is C[C@H]1CCN(c2nc(C3CC3)nc3scc(-c4ccccc4)c23)CCS1(=O)=O. The fourth-order valence-electron chi connectivity index (χ4n) is 3.80. The van der Waals surface area contributed by atoms with Crippen molar-refractivity contribution >= 4 is 37.2 Å². The first-order chi connectivity index (χ1) is 13.5. The average molecular weight is 414 g/mol. The lowest BCUT2D eigenvalue weighted by Crippen LogP contribution is -2.28. The molecule has 1 aliphatic heterocycles. The highest BCUT2D eigenvalue weighted by molar-refractivity contribution is 7.92. The lowest BCUT2D eigenvalue weighted by molar-refractivity contribution is 0.584. The van der Waals surface area contributed by atoms with Crippen LogP contribution in [0.5, 0.6) is 0 Å². The van der Waals surface area contributed by atoms with Gasteiger partial charge in [-0.1, -0.05) is 30.3 Å². The summed E-state index contributed by atoms with van der Waals surface area (Å²) in [6.07, 6.45) is 2.93. The smallest absolute Gasteiger partial charge is 0.154 e. The van der Waals surface area contributed by atoms with E-state index in [9.17, 15) is 8.42 Å². The zero-order valence-electron chi connectivity index (χ0n) is 15.8. The summed E-state index contributed by atoms with van der Waals surface area (Å²) in [5.41, 5.74) is 2.28. The number of benzene rings is 1. The maximum absolute atomic E-state index is 12.4. The third-order valence-electron chi connectivity index (χ3n) is 5.82. The molecule has 1 atom stereocenters. The molecule has 5 nitrogen and oxygen atoms in total. The summed E-state index contributed by atoms with van der Waals surface area (Å²) < 4.78 is 24.8. The van der Waals surface area contributed by atoms with E-state index >= 15 is 0 Å². The minimum atomic E-state index is -3.04. The Bertz CT molecular complexity index is 1120. The normalized spacial score (nSPS) is 22.3. The van der Waals surface area contributed by atoms with Crippen molar-refractivity contribution < 1.29 is 8.42 Å². The second-order valence-electron chi connectivity index (χ2n) is 7.83. The monoisotopic (exact) mass is 413 g/mol. The van der Waals surface area contributed by atoms with E-state index in [2.05, 4.69) is 22.4 Å². The van der Waals surface area contributed by atoms with E-state index in [1.807, 2.05) is 25.1 Å². The van der Waals surface area contributed by atoms with Crippen molar-refractivity contribution in [3.05, 3.63) is 41.5 Å². The van der Waals surface area contributed by atoms with Crippen molar-refractivity contribution in [1.29, 1.82) is 0 Å². The fourth-order valence-corrected chi connectivity index (χ4v) is 6.09. The van der Waals surface area contributed by atoms with Crippen LogP contribution < -0.4 is 4.90 Å². The van der Waals surface area contributed by atoms with E-state index < -0.39 is 9.84 Å². The quantitative estimate of drug-likeness (QED) is 0.642. The van der Waals surface area contributed by atoms with Gasteiger partial charge in [-0.15, -0.1) is 11.3 Å². The number of thiophene rings is 1. The standard InChI is InChI=1S/C21H23N3O2S2/c1-14-9-10-24(11-12-28(14,25)26)20-18-17(15-5-3-2-4-6-15)13-27-21(18)23-19(22-20)16-7-8-16/h2-6,13-14,16H,7-12H2,1H3/t14-/m0/s1.